The smallest absolute Gasteiger partial charge is 0.266 e. The summed E-state index contributed by atoms with van der Waals surface area (Å²) < 4.78 is 33.7. The first-order chi connectivity index (χ1) is 17.6. The molecule has 184 valence electrons. The van der Waals surface area contributed by atoms with Crippen molar-refractivity contribution in [3.63, 3.8) is 0 Å². The maximum absolute atomic E-state index is 13.8. The number of aromatic nitrogens is 4. The second-order valence-corrected chi connectivity index (χ2v) is 8.17. The molecule has 36 heavy (non-hydrogen) atoms. The van der Waals surface area contributed by atoms with Crippen molar-refractivity contribution in [1.29, 1.82) is 0 Å². The lowest BCUT2D eigenvalue weighted by molar-refractivity contribution is 0.172. The molecule has 5 aromatic rings. The van der Waals surface area contributed by atoms with Gasteiger partial charge in [-0.25, -0.2) is 9.07 Å². The molecular formula is C27H25FN4O4. The molecule has 0 fully saturated rings. The molecule has 0 spiro atoms. The Kier molecular flexibility index (Phi) is 6.90. The molecule has 0 bridgehead atoms. The quantitative estimate of drug-likeness (QED) is 0.272. The molecule has 3 heterocycles. The van der Waals surface area contributed by atoms with Gasteiger partial charge in [0.15, 0.2) is 5.82 Å². The molecule has 8 nitrogen and oxygen atoms in total. The normalized spacial score (nSPS) is 11.3. The van der Waals surface area contributed by atoms with Crippen LogP contribution in [0.3, 0.4) is 0 Å². The third-order valence-electron chi connectivity index (χ3n) is 5.75. The van der Waals surface area contributed by atoms with Gasteiger partial charge in [-0.05, 0) is 48.5 Å². The number of fused-ring (bicyclic) bond motifs is 2. The van der Waals surface area contributed by atoms with E-state index < -0.39 is 0 Å². The van der Waals surface area contributed by atoms with E-state index >= 15 is 0 Å². The van der Waals surface area contributed by atoms with Crippen molar-refractivity contribution in [2.75, 3.05) is 26.9 Å². The van der Waals surface area contributed by atoms with Gasteiger partial charge in [0.2, 0.25) is 0 Å². The van der Waals surface area contributed by atoms with Crippen molar-refractivity contribution in [1.82, 2.24) is 19.3 Å². The second kappa shape index (κ2) is 10.6. The van der Waals surface area contributed by atoms with Crippen molar-refractivity contribution in [3.05, 3.63) is 89.2 Å². The summed E-state index contributed by atoms with van der Waals surface area (Å²) in [6, 6.07) is 17.0. The van der Waals surface area contributed by atoms with Crippen LogP contribution in [-0.2, 0) is 11.3 Å². The van der Waals surface area contributed by atoms with E-state index in [2.05, 4.69) is 10.1 Å². The molecule has 0 amide bonds. The van der Waals surface area contributed by atoms with Crippen LogP contribution >= 0.6 is 0 Å². The van der Waals surface area contributed by atoms with Gasteiger partial charge in [0, 0.05) is 55.4 Å². The molecule has 0 unspecified atom stereocenters. The average molecular weight is 489 g/mol. The minimum Gasteiger partial charge on any atom is -0.493 e. The Morgan fingerprint density at radius 2 is 1.86 bits per heavy atom. The highest BCUT2D eigenvalue weighted by Gasteiger charge is 2.09. The van der Waals surface area contributed by atoms with Crippen LogP contribution in [0.4, 0.5) is 4.39 Å². The third kappa shape index (κ3) is 5.06. The molecule has 9 heteroatoms. The van der Waals surface area contributed by atoms with Gasteiger partial charge in [0.1, 0.15) is 23.9 Å². The summed E-state index contributed by atoms with van der Waals surface area (Å²) >= 11 is 0. The van der Waals surface area contributed by atoms with Crippen LogP contribution in [0.15, 0.2) is 77.9 Å². The first kappa shape index (κ1) is 23.5. The van der Waals surface area contributed by atoms with E-state index in [1.807, 2.05) is 24.3 Å². The number of ether oxygens (including phenoxy) is 3. The molecule has 0 atom stereocenters. The number of rotatable bonds is 10. The summed E-state index contributed by atoms with van der Waals surface area (Å²) in [6.07, 6.45) is 4.28. The molecule has 0 saturated heterocycles. The summed E-state index contributed by atoms with van der Waals surface area (Å²) in [4.78, 5) is 16.8. The van der Waals surface area contributed by atoms with Crippen molar-refractivity contribution in [2.24, 2.45) is 0 Å². The zero-order valence-corrected chi connectivity index (χ0v) is 19.8. The van der Waals surface area contributed by atoms with Crippen molar-refractivity contribution in [3.8, 4) is 17.3 Å². The summed E-state index contributed by atoms with van der Waals surface area (Å²) in [6.45, 7) is 1.67. The van der Waals surface area contributed by atoms with Gasteiger partial charge in [-0.3, -0.25) is 14.3 Å². The van der Waals surface area contributed by atoms with E-state index in [9.17, 15) is 9.18 Å². The predicted octanol–water partition coefficient (Wildman–Crippen LogP) is 4.37. The van der Waals surface area contributed by atoms with Crippen LogP contribution in [-0.4, -0.2) is 46.3 Å². The second-order valence-electron chi connectivity index (χ2n) is 8.17. The molecule has 0 aliphatic rings. The molecule has 0 N–H and O–H groups in total. The topological polar surface area (TPSA) is 80.4 Å². The zero-order chi connectivity index (χ0) is 24.9. The molecule has 2 aromatic carbocycles. The minimum absolute atomic E-state index is 0.228. The maximum atomic E-state index is 13.8. The summed E-state index contributed by atoms with van der Waals surface area (Å²) in [5.74, 6) is 1.57. The summed E-state index contributed by atoms with van der Waals surface area (Å²) in [7, 11) is 1.66. The van der Waals surface area contributed by atoms with E-state index in [0.717, 1.165) is 28.5 Å². The van der Waals surface area contributed by atoms with Gasteiger partial charge >= 0.3 is 0 Å². The first-order valence-corrected chi connectivity index (χ1v) is 11.6. The Hall–Kier alpha value is -4.24. The number of benzene rings is 2. The molecular weight excluding hydrogens is 463 g/mol. The van der Waals surface area contributed by atoms with E-state index in [-0.39, 0.29) is 24.5 Å². The number of nitrogens with zero attached hydrogens (tertiary/aromatic N) is 4. The monoisotopic (exact) mass is 488 g/mol. The number of hydrogen-bond acceptors (Lipinski definition) is 6. The molecule has 0 radical (unpaired) electrons. The van der Waals surface area contributed by atoms with Gasteiger partial charge < -0.3 is 14.2 Å². The standard InChI is InChI=1S/C27H25FN4O4/c1-34-14-2-15-35-21-5-6-22-23(18-21)29-11-9-25(22)36-16-13-32-27(33)8-7-26(30-32)31-12-10-19-3-4-20(28)17-24(19)31/h3-12,17-18H,2,13-16H2,1H3. The summed E-state index contributed by atoms with van der Waals surface area (Å²) in [5.41, 5.74) is 1.18. The van der Waals surface area contributed by atoms with Crippen LogP contribution in [0.2, 0.25) is 0 Å². The Bertz CT molecular complexity index is 1560. The van der Waals surface area contributed by atoms with Crippen LogP contribution < -0.4 is 15.0 Å². The largest absolute Gasteiger partial charge is 0.493 e. The molecule has 3 aromatic heterocycles. The van der Waals surface area contributed by atoms with Gasteiger partial charge in [-0.1, -0.05) is 0 Å². The summed E-state index contributed by atoms with van der Waals surface area (Å²) in [5, 5.41) is 6.19. The number of hydrogen-bond donors (Lipinski definition) is 0. The van der Waals surface area contributed by atoms with Crippen LogP contribution in [0.25, 0.3) is 27.6 Å². The number of pyridine rings is 1. The highest BCUT2D eigenvalue weighted by molar-refractivity contribution is 5.86. The Morgan fingerprint density at radius 1 is 0.944 bits per heavy atom. The highest BCUT2D eigenvalue weighted by atomic mass is 19.1. The van der Waals surface area contributed by atoms with Gasteiger partial charge in [-0.2, -0.15) is 5.10 Å². The highest BCUT2D eigenvalue weighted by Crippen LogP contribution is 2.27. The fourth-order valence-electron chi connectivity index (χ4n) is 3.98. The lowest BCUT2D eigenvalue weighted by atomic mass is 10.2. The van der Waals surface area contributed by atoms with Gasteiger partial charge in [-0.15, -0.1) is 0 Å². The lowest BCUT2D eigenvalue weighted by Crippen LogP contribution is -2.26. The predicted molar refractivity (Wildman–Crippen MR) is 135 cm³/mol. The molecule has 0 aliphatic carbocycles. The fourth-order valence-corrected chi connectivity index (χ4v) is 3.98. The van der Waals surface area contributed by atoms with Crippen molar-refractivity contribution < 1.29 is 18.6 Å². The van der Waals surface area contributed by atoms with Crippen LogP contribution in [0.1, 0.15) is 6.42 Å². The SMILES string of the molecule is COCCCOc1ccc2c(OCCn3nc(-n4ccc5ccc(F)cc54)ccc3=O)ccnc2c1. The van der Waals surface area contributed by atoms with Crippen LogP contribution in [0.5, 0.6) is 11.5 Å². The zero-order valence-electron chi connectivity index (χ0n) is 19.8. The molecule has 5 rings (SSSR count). The van der Waals surface area contributed by atoms with E-state index in [1.54, 1.807) is 42.3 Å². The minimum atomic E-state index is -0.335. The van der Waals surface area contributed by atoms with Gasteiger partial charge in [0.25, 0.3) is 5.56 Å². The maximum Gasteiger partial charge on any atom is 0.266 e. The Balaban J connectivity index is 1.29. The van der Waals surface area contributed by atoms with Crippen molar-refractivity contribution >= 4 is 21.8 Å². The van der Waals surface area contributed by atoms with E-state index in [1.165, 1.54) is 22.9 Å². The van der Waals surface area contributed by atoms with E-state index in [4.69, 9.17) is 14.2 Å². The first-order valence-electron chi connectivity index (χ1n) is 11.6. The number of methoxy groups -OCH3 is 1. The third-order valence-corrected chi connectivity index (χ3v) is 5.75. The Morgan fingerprint density at radius 3 is 2.75 bits per heavy atom. The fraction of sp³-hybridized carbons (Fsp3) is 0.222. The van der Waals surface area contributed by atoms with Crippen LogP contribution in [0, 0.1) is 5.82 Å². The van der Waals surface area contributed by atoms with E-state index in [0.29, 0.717) is 30.3 Å². The Labute approximate surface area is 206 Å². The average Bonchev–Trinajstić information content (AvgIpc) is 3.31. The number of halogens is 1. The van der Waals surface area contributed by atoms with Gasteiger partial charge in [0.05, 0.1) is 24.2 Å². The molecule has 0 aliphatic heterocycles. The van der Waals surface area contributed by atoms with Crippen molar-refractivity contribution in [2.45, 2.75) is 13.0 Å². The lowest BCUT2D eigenvalue weighted by Gasteiger charge is -2.12. The molecule has 0 saturated carbocycles.